The molecule has 3 aliphatic heterocycles. The van der Waals surface area contributed by atoms with Crippen LogP contribution in [-0.2, 0) is 22.5 Å². The molecule has 4 heterocycles. The number of carbonyl (C=O) groups excluding carboxylic acids is 2. The van der Waals surface area contributed by atoms with Crippen LogP contribution in [0.4, 0.5) is 28.4 Å². The van der Waals surface area contributed by atoms with E-state index in [4.69, 9.17) is 9.47 Å². The van der Waals surface area contributed by atoms with E-state index in [0.29, 0.717) is 29.8 Å². The summed E-state index contributed by atoms with van der Waals surface area (Å²) in [6, 6.07) is 15.9. The molecule has 1 aromatic heterocycles. The Morgan fingerprint density at radius 1 is 1.00 bits per heavy atom. The highest BCUT2D eigenvalue weighted by Gasteiger charge is 2.63. The standard InChI is InChI=1S/C35H39F3N4O4/c1-23(41-20-34(21-41)14-16-40(22-35(34,37)38)31(43)46-33(2,3)4)25-17-28(36)30(39-18-25)27-11-8-12-29-26(27)13-15-42(29)32(44)45-19-24-9-6-5-7-10-24/h5-12,17-18,23H,13-16,19-22H2,1-4H3. The summed E-state index contributed by atoms with van der Waals surface area (Å²) in [5.74, 6) is -3.60. The largest absolute Gasteiger partial charge is 0.444 e. The number of hydrogen-bond donors (Lipinski definition) is 0. The van der Waals surface area contributed by atoms with E-state index in [1.807, 2.05) is 48.2 Å². The molecule has 0 N–H and O–H groups in total. The fourth-order valence-corrected chi connectivity index (χ4v) is 6.63. The summed E-state index contributed by atoms with van der Waals surface area (Å²) in [6.45, 7) is 7.32. The lowest BCUT2D eigenvalue weighted by molar-refractivity contribution is -0.227. The van der Waals surface area contributed by atoms with Crippen LogP contribution in [0.5, 0.6) is 0 Å². The second-order valence-corrected chi connectivity index (χ2v) is 13.6. The zero-order valence-corrected chi connectivity index (χ0v) is 26.6. The van der Waals surface area contributed by atoms with E-state index in [-0.39, 0.29) is 44.4 Å². The maximum Gasteiger partial charge on any atom is 0.414 e. The van der Waals surface area contributed by atoms with Gasteiger partial charge in [-0.1, -0.05) is 42.5 Å². The Balaban J connectivity index is 1.11. The first kappa shape index (κ1) is 31.8. The molecule has 3 aliphatic rings. The van der Waals surface area contributed by atoms with Gasteiger partial charge in [-0.05, 0) is 69.4 Å². The monoisotopic (exact) mass is 636 g/mol. The van der Waals surface area contributed by atoms with Crippen LogP contribution < -0.4 is 4.90 Å². The number of ether oxygens (including phenoxy) is 2. The molecule has 8 nitrogen and oxygen atoms in total. The first-order chi connectivity index (χ1) is 21.8. The third kappa shape index (κ3) is 6.04. The van der Waals surface area contributed by atoms with Crippen molar-refractivity contribution in [3.63, 3.8) is 0 Å². The summed E-state index contributed by atoms with van der Waals surface area (Å²) in [4.78, 5) is 34.3. The van der Waals surface area contributed by atoms with Crippen molar-refractivity contribution in [2.75, 3.05) is 37.6 Å². The van der Waals surface area contributed by atoms with Gasteiger partial charge in [0.25, 0.3) is 5.92 Å². The lowest BCUT2D eigenvalue weighted by atomic mass is 9.68. The molecule has 2 amide bonds. The van der Waals surface area contributed by atoms with Crippen LogP contribution in [0.3, 0.4) is 0 Å². The van der Waals surface area contributed by atoms with Gasteiger partial charge in [0.1, 0.15) is 23.7 Å². The second kappa shape index (κ2) is 11.9. The third-order valence-corrected chi connectivity index (χ3v) is 9.29. The zero-order valence-electron chi connectivity index (χ0n) is 26.6. The van der Waals surface area contributed by atoms with E-state index >= 15 is 13.2 Å². The Morgan fingerprint density at radius 2 is 1.74 bits per heavy atom. The van der Waals surface area contributed by atoms with Gasteiger partial charge in [0.05, 0.1) is 17.6 Å². The summed E-state index contributed by atoms with van der Waals surface area (Å²) in [6.07, 6.45) is 1.08. The quantitative estimate of drug-likeness (QED) is 0.294. The summed E-state index contributed by atoms with van der Waals surface area (Å²) >= 11 is 0. The summed E-state index contributed by atoms with van der Waals surface area (Å²) < 4.78 is 57.3. The number of hydrogen-bond acceptors (Lipinski definition) is 6. The lowest BCUT2D eigenvalue weighted by Gasteiger charge is -2.58. The minimum atomic E-state index is -3.08. The molecule has 3 aromatic rings. The van der Waals surface area contributed by atoms with Crippen molar-refractivity contribution in [2.24, 2.45) is 5.41 Å². The van der Waals surface area contributed by atoms with Gasteiger partial charge in [-0.15, -0.1) is 0 Å². The number of aromatic nitrogens is 1. The van der Waals surface area contributed by atoms with Gasteiger partial charge in [0, 0.05) is 44.0 Å². The Labute approximate surface area is 267 Å². The van der Waals surface area contributed by atoms with Gasteiger partial charge >= 0.3 is 12.2 Å². The number of benzene rings is 2. The molecule has 0 aliphatic carbocycles. The first-order valence-corrected chi connectivity index (χ1v) is 15.6. The lowest BCUT2D eigenvalue weighted by Crippen LogP contribution is -2.70. The number of halogens is 3. The molecule has 244 valence electrons. The Bertz CT molecular complexity index is 1620. The predicted molar refractivity (Wildman–Crippen MR) is 167 cm³/mol. The van der Waals surface area contributed by atoms with Crippen molar-refractivity contribution in [2.45, 2.75) is 64.7 Å². The van der Waals surface area contributed by atoms with Gasteiger partial charge < -0.3 is 14.4 Å². The molecule has 2 fully saturated rings. The molecule has 1 atom stereocenters. The van der Waals surface area contributed by atoms with Gasteiger partial charge in [-0.2, -0.15) is 0 Å². The molecular formula is C35H39F3N4O4. The molecule has 1 spiro atoms. The highest BCUT2D eigenvalue weighted by molar-refractivity contribution is 5.92. The molecular weight excluding hydrogens is 597 g/mol. The van der Waals surface area contributed by atoms with Crippen LogP contribution in [0, 0.1) is 11.2 Å². The number of pyridine rings is 1. The van der Waals surface area contributed by atoms with E-state index in [2.05, 4.69) is 4.98 Å². The van der Waals surface area contributed by atoms with Crippen molar-refractivity contribution < 1.29 is 32.2 Å². The predicted octanol–water partition coefficient (Wildman–Crippen LogP) is 7.23. The van der Waals surface area contributed by atoms with Crippen LogP contribution >= 0.6 is 0 Å². The zero-order chi connectivity index (χ0) is 32.9. The van der Waals surface area contributed by atoms with Gasteiger partial charge in [-0.3, -0.25) is 14.8 Å². The average Bonchev–Trinajstić information content (AvgIpc) is 3.42. The molecule has 0 radical (unpaired) electrons. The van der Waals surface area contributed by atoms with E-state index in [0.717, 1.165) is 16.0 Å². The molecule has 1 unspecified atom stereocenters. The van der Waals surface area contributed by atoms with E-state index in [1.165, 1.54) is 6.07 Å². The maximum absolute atomic E-state index is 15.7. The molecule has 0 bridgehead atoms. The van der Waals surface area contributed by atoms with Crippen molar-refractivity contribution in [1.82, 2.24) is 14.8 Å². The van der Waals surface area contributed by atoms with Crippen molar-refractivity contribution in [1.29, 1.82) is 0 Å². The van der Waals surface area contributed by atoms with Gasteiger partial charge in [-0.25, -0.2) is 22.8 Å². The van der Waals surface area contributed by atoms with E-state index in [9.17, 15) is 9.59 Å². The summed E-state index contributed by atoms with van der Waals surface area (Å²) in [5, 5.41) is 0. The van der Waals surface area contributed by atoms with Gasteiger partial charge in [0.15, 0.2) is 0 Å². The topological polar surface area (TPSA) is 75.2 Å². The molecule has 0 saturated carbocycles. The van der Waals surface area contributed by atoms with E-state index < -0.39 is 41.5 Å². The fourth-order valence-electron chi connectivity index (χ4n) is 6.63. The number of fused-ring (bicyclic) bond motifs is 1. The SMILES string of the molecule is CC(c1cnc(-c2cccc3c2CCN3C(=O)OCc2ccccc2)c(F)c1)N1CC2(CCN(C(=O)OC(C)(C)C)CC2(F)F)C1. The molecule has 46 heavy (non-hydrogen) atoms. The number of anilines is 1. The Morgan fingerprint density at radius 3 is 2.41 bits per heavy atom. The summed E-state index contributed by atoms with van der Waals surface area (Å²) in [5.41, 5.74) is 1.72. The fraction of sp³-hybridized carbons (Fsp3) is 0.457. The van der Waals surface area contributed by atoms with Gasteiger partial charge in [0.2, 0.25) is 0 Å². The van der Waals surface area contributed by atoms with Crippen LogP contribution in [-0.4, -0.2) is 71.2 Å². The van der Waals surface area contributed by atoms with Crippen LogP contribution in [0.25, 0.3) is 11.3 Å². The highest BCUT2D eigenvalue weighted by Crippen LogP contribution is 2.52. The average molecular weight is 637 g/mol. The van der Waals surface area contributed by atoms with Crippen LogP contribution in [0.2, 0.25) is 0 Å². The smallest absolute Gasteiger partial charge is 0.414 e. The number of amides is 2. The van der Waals surface area contributed by atoms with Crippen LogP contribution in [0.1, 0.15) is 56.8 Å². The van der Waals surface area contributed by atoms with Crippen molar-refractivity contribution in [3.8, 4) is 11.3 Å². The number of piperidine rings is 1. The first-order valence-electron chi connectivity index (χ1n) is 15.6. The maximum atomic E-state index is 15.7. The number of likely N-dealkylation sites (tertiary alicyclic amines) is 2. The van der Waals surface area contributed by atoms with Crippen molar-refractivity contribution in [3.05, 3.63) is 83.3 Å². The van der Waals surface area contributed by atoms with Crippen molar-refractivity contribution >= 4 is 17.9 Å². The third-order valence-electron chi connectivity index (χ3n) is 9.29. The van der Waals surface area contributed by atoms with E-state index in [1.54, 1.807) is 44.0 Å². The van der Waals surface area contributed by atoms with Crippen LogP contribution in [0.15, 0.2) is 60.8 Å². The number of nitrogens with zero attached hydrogens (tertiary/aromatic N) is 4. The molecule has 2 saturated heterocycles. The summed E-state index contributed by atoms with van der Waals surface area (Å²) in [7, 11) is 0. The Hall–Kier alpha value is -4.12. The molecule has 6 rings (SSSR count). The Kier molecular flexibility index (Phi) is 8.25. The number of carbonyl (C=O) groups is 2. The number of rotatable bonds is 5. The molecule has 2 aromatic carbocycles. The minimum Gasteiger partial charge on any atom is -0.444 e. The second-order valence-electron chi connectivity index (χ2n) is 13.6. The number of alkyl halides is 2. The highest BCUT2D eigenvalue weighted by atomic mass is 19.3. The normalized spacial score (nSPS) is 19.4. The molecule has 11 heteroatoms. The minimum absolute atomic E-state index is 0.134.